The summed E-state index contributed by atoms with van der Waals surface area (Å²) in [6, 6.07) is 7.59. The molecule has 1 aliphatic heterocycles. The second-order valence-corrected chi connectivity index (χ2v) is 5.27. The minimum absolute atomic E-state index is 0.183. The quantitative estimate of drug-likeness (QED) is 0.709. The Labute approximate surface area is 125 Å². The number of benzene rings is 1. The van der Waals surface area contributed by atoms with Gasteiger partial charge in [-0.25, -0.2) is 9.67 Å². The van der Waals surface area contributed by atoms with Crippen LogP contribution in [0.25, 0.3) is 11.0 Å². The van der Waals surface area contributed by atoms with Gasteiger partial charge in [0, 0.05) is 13.1 Å². The molecule has 112 valence electrons. The van der Waals surface area contributed by atoms with Gasteiger partial charge in [0.25, 0.3) is 5.56 Å². The first-order valence-corrected chi connectivity index (χ1v) is 7.19. The molecule has 3 aromatic rings. The van der Waals surface area contributed by atoms with Crippen molar-refractivity contribution in [2.75, 3.05) is 5.73 Å². The SMILES string of the molecule is Nc1c(N=Nc2nc3ccccc3[nH]2)c(=O)n2n1CCCC2. The number of imidazole rings is 1. The van der Waals surface area contributed by atoms with Gasteiger partial charge in [0.05, 0.1) is 11.0 Å². The van der Waals surface area contributed by atoms with E-state index in [0.29, 0.717) is 18.3 Å². The number of H-pyrrole nitrogens is 1. The molecule has 3 heterocycles. The molecule has 4 rings (SSSR count). The van der Waals surface area contributed by atoms with Crippen LogP contribution in [0.15, 0.2) is 39.3 Å². The van der Waals surface area contributed by atoms with Gasteiger partial charge < -0.3 is 10.7 Å². The number of hydrogen-bond acceptors (Lipinski definition) is 5. The number of hydrogen-bond donors (Lipinski definition) is 2. The van der Waals surface area contributed by atoms with E-state index in [1.165, 1.54) is 0 Å². The van der Waals surface area contributed by atoms with Gasteiger partial charge in [-0.05, 0) is 25.0 Å². The van der Waals surface area contributed by atoms with Gasteiger partial charge in [-0.15, -0.1) is 10.2 Å². The van der Waals surface area contributed by atoms with E-state index < -0.39 is 0 Å². The first-order chi connectivity index (χ1) is 10.7. The third-order valence-electron chi connectivity index (χ3n) is 3.86. The van der Waals surface area contributed by atoms with Gasteiger partial charge in [0.15, 0.2) is 11.5 Å². The zero-order chi connectivity index (χ0) is 15.1. The van der Waals surface area contributed by atoms with Crippen LogP contribution < -0.4 is 11.3 Å². The number of para-hydroxylation sites is 2. The minimum atomic E-state index is -0.197. The Morgan fingerprint density at radius 2 is 1.91 bits per heavy atom. The number of rotatable bonds is 2. The Balaban J connectivity index is 1.74. The summed E-state index contributed by atoms with van der Waals surface area (Å²) < 4.78 is 3.41. The third kappa shape index (κ3) is 1.92. The van der Waals surface area contributed by atoms with Crippen molar-refractivity contribution in [1.82, 2.24) is 19.3 Å². The number of azo groups is 1. The van der Waals surface area contributed by atoms with Crippen molar-refractivity contribution in [2.24, 2.45) is 10.2 Å². The van der Waals surface area contributed by atoms with E-state index in [-0.39, 0.29) is 11.2 Å². The topological polar surface area (TPSA) is 106 Å². The molecule has 0 spiro atoms. The summed E-state index contributed by atoms with van der Waals surface area (Å²) in [4.78, 5) is 19.6. The molecule has 3 N–H and O–H groups in total. The van der Waals surface area contributed by atoms with Gasteiger partial charge in [-0.2, -0.15) is 0 Å². The van der Waals surface area contributed by atoms with Crippen molar-refractivity contribution < 1.29 is 0 Å². The monoisotopic (exact) mass is 297 g/mol. The van der Waals surface area contributed by atoms with E-state index in [1.807, 2.05) is 24.3 Å². The highest BCUT2D eigenvalue weighted by atomic mass is 16.1. The molecule has 0 saturated carbocycles. The van der Waals surface area contributed by atoms with Crippen molar-refractivity contribution in [3.63, 3.8) is 0 Å². The lowest BCUT2D eigenvalue weighted by Crippen LogP contribution is -2.27. The Bertz CT molecular complexity index is 897. The third-order valence-corrected chi connectivity index (χ3v) is 3.86. The van der Waals surface area contributed by atoms with E-state index >= 15 is 0 Å². The second-order valence-electron chi connectivity index (χ2n) is 5.27. The van der Waals surface area contributed by atoms with Gasteiger partial charge in [-0.1, -0.05) is 12.1 Å². The van der Waals surface area contributed by atoms with Crippen molar-refractivity contribution in [2.45, 2.75) is 25.9 Å². The predicted octanol–water partition coefficient (Wildman–Crippen LogP) is 2.32. The number of nitrogens with one attached hydrogen (secondary N) is 1. The number of nitrogen functional groups attached to an aromatic ring is 1. The van der Waals surface area contributed by atoms with Crippen molar-refractivity contribution in [3.8, 4) is 0 Å². The Morgan fingerprint density at radius 3 is 2.68 bits per heavy atom. The summed E-state index contributed by atoms with van der Waals surface area (Å²) in [5, 5.41) is 8.06. The normalized spacial score (nSPS) is 14.7. The van der Waals surface area contributed by atoms with Crippen LogP contribution in [0.3, 0.4) is 0 Å². The number of aromatic nitrogens is 4. The smallest absolute Gasteiger partial charge is 0.296 e. The van der Waals surface area contributed by atoms with Crippen molar-refractivity contribution in [1.29, 1.82) is 0 Å². The average molecular weight is 297 g/mol. The number of anilines is 1. The maximum absolute atomic E-state index is 12.3. The lowest BCUT2D eigenvalue weighted by molar-refractivity contribution is 0.360. The van der Waals surface area contributed by atoms with Crippen LogP contribution in [0.5, 0.6) is 0 Å². The van der Waals surface area contributed by atoms with Gasteiger partial charge >= 0.3 is 0 Å². The van der Waals surface area contributed by atoms with E-state index in [2.05, 4.69) is 20.2 Å². The zero-order valence-corrected chi connectivity index (χ0v) is 11.9. The molecule has 8 nitrogen and oxygen atoms in total. The molecule has 0 fully saturated rings. The number of fused-ring (bicyclic) bond motifs is 2. The Hall–Kier alpha value is -2.90. The van der Waals surface area contributed by atoms with Gasteiger partial charge in [0.2, 0.25) is 5.95 Å². The molecule has 0 unspecified atom stereocenters. The van der Waals surface area contributed by atoms with Crippen LogP contribution >= 0.6 is 0 Å². The van der Waals surface area contributed by atoms with Crippen LogP contribution in [-0.2, 0) is 13.1 Å². The predicted molar refractivity (Wildman–Crippen MR) is 82.6 cm³/mol. The molecule has 0 bridgehead atoms. The maximum Gasteiger partial charge on any atom is 0.296 e. The van der Waals surface area contributed by atoms with Crippen LogP contribution in [0, 0.1) is 0 Å². The first-order valence-electron chi connectivity index (χ1n) is 7.19. The summed E-state index contributed by atoms with van der Waals surface area (Å²) in [5.74, 6) is 0.721. The average Bonchev–Trinajstić information content (AvgIpc) is 3.06. The fourth-order valence-electron chi connectivity index (χ4n) is 2.76. The van der Waals surface area contributed by atoms with E-state index in [1.54, 1.807) is 9.36 Å². The molecule has 0 atom stereocenters. The lowest BCUT2D eigenvalue weighted by atomic mass is 10.3. The summed E-state index contributed by atoms with van der Waals surface area (Å²) in [6.07, 6.45) is 1.99. The van der Waals surface area contributed by atoms with E-state index in [0.717, 1.165) is 30.4 Å². The van der Waals surface area contributed by atoms with Crippen molar-refractivity contribution in [3.05, 3.63) is 34.6 Å². The summed E-state index contributed by atoms with van der Waals surface area (Å²) in [7, 11) is 0. The molecule has 0 aliphatic carbocycles. The van der Waals surface area contributed by atoms with Gasteiger partial charge in [-0.3, -0.25) is 9.48 Å². The fourth-order valence-corrected chi connectivity index (χ4v) is 2.76. The lowest BCUT2D eigenvalue weighted by Gasteiger charge is -2.17. The highest BCUT2D eigenvalue weighted by Crippen LogP contribution is 2.24. The minimum Gasteiger partial charge on any atom is -0.382 e. The van der Waals surface area contributed by atoms with Gasteiger partial charge in [0.1, 0.15) is 0 Å². The molecule has 2 aromatic heterocycles. The molecular formula is C14H15N7O. The molecule has 1 aliphatic rings. The van der Waals surface area contributed by atoms with Crippen LogP contribution in [0.1, 0.15) is 12.8 Å². The summed E-state index contributed by atoms with van der Waals surface area (Å²) in [6.45, 7) is 1.41. The molecule has 22 heavy (non-hydrogen) atoms. The van der Waals surface area contributed by atoms with Crippen molar-refractivity contribution >= 4 is 28.5 Å². The largest absolute Gasteiger partial charge is 0.382 e. The second kappa shape index (κ2) is 4.83. The molecule has 0 saturated heterocycles. The summed E-state index contributed by atoms with van der Waals surface area (Å²) >= 11 is 0. The highest BCUT2D eigenvalue weighted by molar-refractivity contribution is 5.76. The summed E-state index contributed by atoms with van der Waals surface area (Å²) in [5.41, 5.74) is 7.68. The van der Waals surface area contributed by atoms with E-state index in [4.69, 9.17) is 5.73 Å². The highest BCUT2D eigenvalue weighted by Gasteiger charge is 2.20. The molecular weight excluding hydrogens is 282 g/mol. The number of nitrogens with two attached hydrogens (primary N) is 1. The molecule has 0 radical (unpaired) electrons. The first kappa shape index (κ1) is 12.8. The molecule has 8 heteroatoms. The number of nitrogens with zero attached hydrogens (tertiary/aromatic N) is 5. The Morgan fingerprint density at radius 1 is 1.14 bits per heavy atom. The molecule has 0 amide bonds. The van der Waals surface area contributed by atoms with Crippen LogP contribution in [-0.4, -0.2) is 19.3 Å². The fraction of sp³-hybridized carbons (Fsp3) is 0.286. The zero-order valence-electron chi connectivity index (χ0n) is 11.9. The Kier molecular flexibility index (Phi) is 2.81. The van der Waals surface area contributed by atoms with Crippen LogP contribution in [0.2, 0.25) is 0 Å². The number of aromatic amines is 1. The molecule has 1 aromatic carbocycles. The standard InChI is InChI=1S/C14H15N7O/c15-12-11(13(22)21-8-4-3-7-20(12)21)18-19-14-16-9-5-1-2-6-10(9)17-14/h1-2,5-6H,3-4,7-8,15H2,(H,16,17). The van der Waals surface area contributed by atoms with Crippen LogP contribution in [0.4, 0.5) is 17.5 Å². The maximum atomic E-state index is 12.3. The van der Waals surface area contributed by atoms with E-state index in [9.17, 15) is 4.79 Å².